The molecule has 0 saturated heterocycles. The van der Waals surface area contributed by atoms with Gasteiger partial charge in [0.25, 0.3) is 0 Å². The number of aryl methyl sites for hydroxylation is 1. The molecule has 2 nitrogen and oxygen atoms in total. The molecule has 0 unspecified atom stereocenters. The summed E-state index contributed by atoms with van der Waals surface area (Å²) in [7, 11) is -0.251. The third kappa shape index (κ3) is 6.41. The fourth-order valence-corrected chi connectivity index (χ4v) is 9.49. The second kappa shape index (κ2) is 13.3. The van der Waals surface area contributed by atoms with Crippen LogP contribution in [0.3, 0.4) is 0 Å². The first-order valence-corrected chi connectivity index (χ1v) is 15.7. The standard InChI is InChI=1S/C36H36O2P/c1-37-36-28-32(38-27-15-14-18-30-16-6-2-7-17-30)26-25-31(36)29-39(33-19-8-3-9-20-33,34-21-10-4-11-22-34)35-23-12-5-13-24-35/h2-13,16-17,19-26,28H,14-15,18,27,29H2,1H3/q+1. The monoisotopic (exact) mass is 531 g/mol. The molecule has 0 aliphatic rings. The van der Waals surface area contributed by atoms with Gasteiger partial charge in [0.2, 0.25) is 0 Å². The Balaban J connectivity index is 1.41. The van der Waals surface area contributed by atoms with Crippen molar-refractivity contribution in [3.8, 4) is 11.5 Å². The molecular weight excluding hydrogens is 495 g/mol. The minimum atomic E-state index is -2.01. The van der Waals surface area contributed by atoms with Crippen LogP contribution in [-0.2, 0) is 12.6 Å². The summed E-state index contributed by atoms with van der Waals surface area (Å²) in [6.45, 7) is 0.699. The summed E-state index contributed by atoms with van der Waals surface area (Å²) in [5.41, 5.74) is 2.57. The van der Waals surface area contributed by atoms with E-state index in [-0.39, 0.29) is 0 Å². The first kappa shape index (κ1) is 26.7. The topological polar surface area (TPSA) is 18.5 Å². The van der Waals surface area contributed by atoms with Gasteiger partial charge in [0.1, 0.15) is 40.8 Å². The van der Waals surface area contributed by atoms with Crippen molar-refractivity contribution in [1.29, 1.82) is 0 Å². The van der Waals surface area contributed by atoms with Gasteiger partial charge in [-0.1, -0.05) is 84.9 Å². The third-order valence-electron chi connectivity index (χ3n) is 7.23. The highest BCUT2D eigenvalue weighted by Gasteiger charge is 2.46. The smallest absolute Gasteiger partial charge is 0.129 e. The molecule has 0 spiro atoms. The highest BCUT2D eigenvalue weighted by atomic mass is 31.2. The van der Waals surface area contributed by atoms with Crippen molar-refractivity contribution in [2.24, 2.45) is 0 Å². The van der Waals surface area contributed by atoms with Crippen LogP contribution < -0.4 is 25.4 Å². The van der Waals surface area contributed by atoms with Gasteiger partial charge in [-0.25, -0.2) is 0 Å². The van der Waals surface area contributed by atoms with E-state index in [4.69, 9.17) is 9.47 Å². The fraction of sp³-hybridized carbons (Fsp3) is 0.167. The van der Waals surface area contributed by atoms with E-state index in [2.05, 4.69) is 140 Å². The molecule has 0 fully saturated rings. The number of hydrogen-bond donors (Lipinski definition) is 0. The Hall–Kier alpha value is -3.87. The molecular formula is C36H36O2P+. The van der Waals surface area contributed by atoms with E-state index >= 15 is 0 Å². The van der Waals surface area contributed by atoms with Gasteiger partial charge in [0.15, 0.2) is 0 Å². The van der Waals surface area contributed by atoms with E-state index in [1.165, 1.54) is 27.0 Å². The van der Waals surface area contributed by atoms with Gasteiger partial charge < -0.3 is 9.47 Å². The molecule has 0 amide bonds. The summed E-state index contributed by atoms with van der Waals surface area (Å²) < 4.78 is 12.1. The van der Waals surface area contributed by atoms with Crippen LogP contribution in [0.25, 0.3) is 0 Å². The van der Waals surface area contributed by atoms with Gasteiger partial charge >= 0.3 is 0 Å². The lowest BCUT2D eigenvalue weighted by atomic mass is 10.1. The van der Waals surface area contributed by atoms with Crippen LogP contribution in [0.2, 0.25) is 0 Å². The zero-order chi connectivity index (χ0) is 26.8. The Morgan fingerprint density at radius 1 is 0.564 bits per heavy atom. The predicted molar refractivity (Wildman–Crippen MR) is 167 cm³/mol. The first-order valence-electron chi connectivity index (χ1n) is 13.7. The van der Waals surface area contributed by atoms with Crippen LogP contribution in [0.1, 0.15) is 24.0 Å². The Bertz CT molecular complexity index is 1320. The molecule has 5 aromatic carbocycles. The Labute approximate surface area is 233 Å². The van der Waals surface area contributed by atoms with E-state index in [1.54, 1.807) is 7.11 Å². The third-order valence-corrected chi connectivity index (χ3v) is 11.6. The van der Waals surface area contributed by atoms with Crippen molar-refractivity contribution < 1.29 is 9.47 Å². The molecule has 0 heterocycles. The molecule has 39 heavy (non-hydrogen) atoms. The average molecular weight is 532 g/mol. The summed E-state index contributed by atoms with van der Waals surface area (Å²) in [5.74, 6) is 1.74. The highest BCUT2D eigenvalue weighted by Crippen LogP contribution is 2.59. The number of rotatable bonds is 12. The summed E-state index contributed by atoms with van der Waals surface area (Å²) in [5, 5.41) is 4.09. The van der Waals surface area contributed by atoms with Crippen LogP contribution in [0.4, 0.5) is 0 Å². The van der Waals surface area contributed by atoms with Gasteiger partial charge in [-0.2, -0.15) is 0 Å². The van der Waals surface area contributed by atoms with E-state index in [1.807, 2.05) is 0 Å². The lowest BCUT2D eigenvalue weighted by molar-refractivity contribution is 0.304. The molecule has 3 heteroatoms. The number of ether oxygens (including phenoxy) is 2. The summed E-state index contributed by atoms with van der Waals surface area (Å²) in [6.07, 6.45) is 4.07. The largest absolute Gasteiger partial charge is 0.496 e. The van der Waals surface area contributed by atoms with Crippen LogP contribution in [0.15, 0.2) is 140 Å². The minimum Gasteiger partial charge on any atom is -0.496 e. The summed E-state index contributed by atoms with van der Waals surface area (Å²) in [4.78, 5) is 0. The highest BCUT2D eigenvalue weighted by molar-refractivity contribution is 7.95. The second-order valence-electron chi connectivity index (χ2n) is 9.74. The molecule has 5 aromatic rings. The number of unbranched alkanes of at least 4 members (excludes halogenated alkanes) is 1. The zero-order valence-corrected chi connectivity index (χ0v) is 23.5. The number of benzene rings is 5. The van der Waals surface area contributed by atoms with Crippen LogP contribution in [0, 0.1) is 0 Å². The van der Waals surface area contributed by atoms with Crippen LogP contribution in [-0.4, -0.2) is 13.7 Å². The quantitative estimate of drug-likeness (QED) is 0.122. The number of methoxy groups -OCH3 is 1. The van der Waals surface area contributed by atoms with Crippen molar-refractivity contribution >= 4 is 23.2 Å². The molecule has 0 saturated carbocycles. The zero-order valence-electron chi connectivity index (χ0n) is 22.6. The van der Waals surface area contributed by atoms with E-state index in [0.29, 0.717) is 6.61 Å². The summed E-state index contributed by atoms with van der Waals surface area (Å²) in [6, 6.07) is 49.9. The molecule has 0 aromatic heterocycles. The normalized spacial score (nSPS) is 11.2. The molecule has 196 valence electrons. The van der Waals surface area contributed by atoms with Gasteiger partial charge in [-0.15, -0.1) is 0 Å². The van der Waals surface area contributed by atoms with Gasteiger partial charge in [0.05, 0.1) is 13.7 Å². The second-order valence-corrected chi connectivity index (χ2v) is 13.2. The van der Waals surface area contributed by atoms with E-state index in [0.717, 1.165) is 36.9 Å². The maximum atomic E-state index is 6.15. The maximum Gasteiger partial charge on any atom is 0.129 e. The maximum absolute atomic E-state index is 6.15. The van der Waals surface area contributed by atoms with Crippen molar-refractivity contribution in [3.63, 3.8) is 0 Å². The Morgan fingerprint density at radius 2 is 1.08 bits per heavy atom. The van der Waals surface area contributed by atoms with Crippen molar-refractivity contribution in [3.05, 3.63) is 151 Å². The van der Waals surface area contributed by atoms with Crippen molar-refractivity contribution in [2.45, 2.75) is 25.4 Å². The molecule has 0 bridgehead atoms. The molecule has 0 radical (unpaired) electrons. The predicted octanol–water partition coefficient (Wildman–Crippen LogP) is 7.59. The SMILES string of the molecule is COc1cc(OCCCCc2ccccc2)ccc1C[P+](c1ccccc1)(c1ccccc1)c1ccccc1. The lowest BCUT2D eigenvalue weighted by Gasteiger charge is -2.28. The number of hydrogen-bond acceptors (Lipinski definition) is 2. The minimum absolute atomic E-state index is 0.699. The Morgan fingerprint density at radius 3 is 1.59 bits per heavy atom. The molecule has 5 rings (SSSR count). The molecule has 0 atom stereocenters. The first-order chi connectivity index (χ1) is 19.3. The molecule has 0 N–H and O–H groups in total. The van der Waals surface area contributed by atoms with Crippen molar-refractivity contribution in [1.82, 2.24) is 0 Å². The molecule has 0 aliphatic carbocycles. The van der Waals surface area contributed by atoms with Gasteiger partial charge in [0, 0.05) is 11.6 Å². The molecule has 0 aliphatic heterocycles. The Kier molecular flexibility index (Phi) is 9.09. The van der Waals surface area contributed by atoms with Gasteiger partial charge in [-0.3, -0.25) is 0 Å². The lowest BCUT2D eigenvalue weighted by Crippen LogP contribution is -2.32. The van der Waals surface area contributed by atoms with Crippen LogP contribution >= 0.6 is 7.26 Å². The average Bonchev–Trinajstić information content (AvgIpc) is 3.02. The van der Waals surface area contributed by atoms with Crippen LogP contribution in [0.5, 0.6) is 11.5 Å². The summed E-state index contributed by atoms with van der Waals surface area (Å²) >= 11 is 0. The van der Waals surface area contributed by atoms with Crippen molar-refractivity contribution in [2.75, 3.05) is 13.7 Å². The van der Waals surface area contributed by atoms with E-state index in [9.17, 15) is 0 Å². The fourth-order valence-electron chi connectivity index (χ4n) is 5.24. The van der Waals surface area contributed by atoms with Gasteiger partial charge in [-0.05, 0) is 73.4 Å². The van der Waals surface area contributed by atoms with E-state index < -0.39 is 7.26 Å².